The molecule has 1 aromatic carbocycles. The van der Waals surface area contributed by atoms with Crippen LogP contribution in [0.5, 0.6) is 11.6 Å². The van der Waals surface area contributed by atoms with Gasteiger partial charge in [-0.1, -0.05) is 0 Å². The van der Waals surface area contributed by atoms with Crippen molar-refractivity contribution in [2.75, 3.05) is 6.54 Å². The molecule has 0 amide bonds. The molecule has 2 rings (SSSR count). The second kappa shape index (κ2) is 8.53. The van der Waals surface area contributed by atoms with Gasteiger partial charge in [0.15, 0.2) is 5.11 Å². The van der Waals surface area contributed by atoms with Crippen molar-refractivity contribution in [3.05, 3.63) is 58.3 Å². The molecule has 2 aromatic rings. The third-order valence-electron chi connectivity index (χ3n) is 2.75. The maximum absolute atomic E-state index is 10.6. The fourth-order valence-electron chi connectivity index (χ4n) is 1.65. The Morgan fingerprint density at radius 2 is 2.12 bits per heavy atom. The van der Waals surface area contributed by atoms with Crippen LogP contribution in [0.25, 0.3) is 0 Å². The molecule has 0 saturated carbocycles. The van der Waals surface area contributed by atoms with Crippen LogP contribution in [-0.2, 0) is 0 Å². The van der Waals surface area contributed by atoms with Gasteiger partial charge in [-0.05, 0) is 49.0 Å². The molecule has 0 spiro atoms. The van der Waals surface area contributed by atoms with Crippen molar-refractivity contribution in [3.8, 4) is 11.6 Å². The number of aromatic nitrogens is 1. The average Bonchev–Trinajstić information content (AvgIpc) is 2.57. The summed E-state index contributed by atoms with van der Waals surface area (Å²) in [4.78, 5) is 13.9. The second-order valence-corrected chi connectivity index (χ2v) is 4.92. The van der Waals surface area contributed by atoms with Gasteiger partial charge in [0.25, 0.3) is 5.69 Å². The van der Waals surface area contributed by atoms with Crippen LogP contribution in [0.4, 0.5) is 5.69 Å². The van der Waals surface area contributed by atoms with Crippen LogP contribution in [0.15, 0.2) is 47.7 Å². The monoisotopic (exact) mass is 345 g/mol. The molecule has 0 aliphatic heterocycles. The Hall–Kier alpha value is -3.07. The molecule has 0 unspecified atom stereocenters. The number of rotatable bonds is 6. The largest absolute Gasteiger partial charge is 0.439 e. The quantitative estimate of drug-likeness (QED) is 0.359. The standard InChI is InChI=1S/C15H15N5O3S/c1-2-16-15(24)19-18-9-11-3-6-13(7-4-11)23-14-8-5-12(10-17-14)20(21)22/h3-10H,2H2,1H3,(H2,16,19,24)/b18-9+. The number of hydrogen-bond donors (Lipinski definition) is 2. The van der Waals surface area contributed by atoms with Crippen LogP contribution in [0.3, 0.4) is 0 Å². The summed E-state index contributed by atoms with van der Waals surface area (Å²) in [5.74, 6) is 0.837. The highest BCUT2D eigenvalue weighted by molar-refractivity contribution is 7.80. The Morgan fingerprint density at radius 1 is 1.38 bits per heavy atom. The first-order valence-electron chi connectivity index (χ1n) is 7.03. The van der Waals surface area contributed by atoms with Crippen LogP contribution >= 0.6 is 12.2 Å². The lowest BCUT2D eigenvalue weighted by molar-refractivity contribution is -0.385. The number of nitro groups is 1. The molecule has 9 heteroatoms. The van der Waals surface area contributed by atoms with E-state index < -0.39 is 4.92 Å². The lowest BCUT2D eigenvalue weighted by Gasteiger charge is -2.05. The smallest absolute Gasteiger partial charge is 0.287 e. The molecule has 0 radical (unpaired) electrons. The van der Waals surface area contributed by atoms with E-state index in [0.717, 1.165) is 18.3 Å². The van der Waals surface area contributed by atoms with Crippen LogP contribution in [0.2, 0.25) is 0 Å². The van der Waals surface area contributed by atoms with Gasteiger partial charge in [0.2, 0.25) is 5.88 Å². The van der Waals surface area contributed by atoms with Gasteiger partial charge >= 0.3 is 0 Å². The van der Waals surface area contributed by atoms with E-state index in [1.165, 1.54) is 12.1 Å². The van der Waals surface area contributed by atoms with Crippen LogP contribution in [0.1, 0.15) is 12.5 Å². The third-order valence-corrected chi connectivity index (χ3v) is 2.99. The molecule has 0 saturated heterocycles. The highest BCUT2D eigenvalue weighted by atomic mass is 32.1. The molecule has 0 bridgehead atoms. The number of nitrogens with zero attached hydrogens (tertiary/aromatic N) is 3. The van der Waals surface area contributed by atoms with Gasteiger partial charge in [-0.3, -0.25) is 15.5 Å². The fraction of sp³-hybridized carbons (Fsp3) is 0.133. The molecule has 0 atom stereocenters. The van der Waals surface area contributed by atoms with Gasteiger partial charge in [-0.15, -0.1) is 0 Å². The van der Waals surface area contributed by atoms with Crippen LogP contribution < -0.4 is 15.5 Å². The summed E-state index contributed by atoms with van der Waals surface area (Å²) >= 11 is 4.98. The number of ether oxygens (including phenoxy) is 1. The maximum atomic E-state index is 10.6. The summed E-state index contributed by atoms with van der Waals surface area (Å²) in [7, 11) is 0. The van der Waals surface area contributed by atoms with Crippen LogP contribution in [0, 0.1) is 10.1 Å². The van der Waals surface area contributed by atoms with Gasteiger partial charge in [-0.2, -0.15) is 5.10 Å². The van der Waals surface area contributed by atoms with Crippen molar-refractivity contribution in [2.45, 2.75) is 6.92 Å². The Kier molecular flexibility index (Phi) is 6.15. The van der Waals surface area contributed by atoms with E-state index in [-0.39, 0.29) is 11.6 Å². The minimum Gasteiger partial charge on any atom is -0.439 e. The average molecular weight is 345 g/mol. The Balaban J connectivity index is 1.93. The molecule has 0 fully saturated rings. The summed E-state index contributed by atoms with van der Waals surface area (Å²) in [5, 5.41) is 17.9. The van der Waals surface area contributed by atoms with E-state index in [1.54, 1.807) is 18.3 Å². The molecule has 0 aliphatic carbocycles. The molecule has 24 heavy (non-hydrogen) atoms. The number of thiocarbonyl (C=S) groups is 1. The molecule has 1 aromatic heterocycles. The normalized spacial score (nSPS) is 10.4. The Bertz CT molecular complexity index is 732. The van der Waals surface area contributed by atoms with Crippen LogP contribution in [-0.4, -0.2) is 27.8 Å². The van der Waals surface area contributed by atoms with Crippen molar-refractivity contribution in [2.24, 2.45) is 5.10 Å². The van der Waals surface area contributed by atoms with E-state index in [4.69, 9.17) is 17.0 Å². The van der Waals surface area contributed by atoms with E-state index in [2.05, 4.69) is 20.8 Å². The topological polar surface area (TPSA) is 102 Å². The first kappa shape index (κ1) is 17.3. The van der Waals surface area contributed by atoms with E-state index in [0.29, 0.717) is 10.9 Å². The Labute approximate surface area is 143 Å². The lowest BCUT2D eigenvalue weighted by Crippen LogP contribution is -2.31. The van der Waals surface area contributed by atoms with E-state index in [1.807, 2.05) is 19.1 Å². The van der Waals surface area contributed by atoms with Crippen molar-refractivity contribution in [3.63, 3.8) is 0 Å². The molecule has 0 aliphatic rings. The van der Waals surface area contributed by atoms with Gasteiger partial charge < -0.3 is 10.1 Å². The zero-order valence-corrected chi connectivity index (χ0v) is 13.6. The summed E-state index contributed by atoms with van der Waals surface area (Å²) in [6.07, 6.45) is 2.77. The molecule has 8 nitrogen and oxygen atoms in total. The summed E-state index contributed by atoms with van der Waals surface area (Å²) in [5.41, 5.74) is 3.46. The number of hydrogen-bond acceptors (Lipinski definition) is 6. The summed E-state index contributed by atoms with van der Waals surface area (Å²) in [6.45, 7) is 2.67. The van der Waals surface area contributed by atoms with Crippen molar-refractivity contribution in [1.82, 2.24) is 15.7 Å². The highest BCUT2D eigenvalue weighted by Gasteiger charge is 2.06. The zero-order valence-electron chi connectivity index (χ0n) is 12.8. The lowest BCUT2D eigenvalue weighted by atomic mass is 10.2. The van der Waals surface area contributed by atoms with E-state index in [9.17, 15) is 10.1 Å². The predicted octanol–water partition coefficient (Wildman–Crippen LogP) is 2.60. The fourth-order valence-corrected chi connectivity index (χ4v) is 1.85. The Morgan fingerprint density at radius 3 is 2.71 bits per heavy atom. The SMILES string of the molecule is CCNC(=S)N/N=C/c1ccc(Oc2ccc([N+](=O)[O-])cn2)cc1. The number of hydrazone groups is 1. The first-order valence-corrected chi connectivity index (χ1v) is 7.44. The number of benzene rings is 1. The van der Waals surface area contributed by atoms with Gasteiger partial charge in [0.05, 0.1) is 11.1 Å². The molecule has 1 heterocycles. The third kappa shape index (κ3) is 5.29. The summed E-state index contributed by atoms with van der Waals surface area (Å²) < 4.78 is 5.52. The summed E-state index contributed by atoms with van der Waals surface area (Å²) in [6, 6.07) is 9.88. The van der Waals surface area contributed by atoms with Crippen molar-refractivity contribution in [1.29, 1.82) is 0 Å². The maximum Gasteiger partial charge on any atom is 0.287 e. The van der Waals surface area contributed by atoms with Crippen molar-refractivity contribution >= 4 is 29.2 Å². The first-order chi connectivity index (χ1) is 11.6. The van der Waals surface area contributed by atoms with Gasteiger partial charge in [0.1, 0.15) is 11.9 Å². The predicted molar refractivity (Wildman–Crippen MR) is 94.4 cm³/mol. The minimum absolute atomic E-state index is 0.0862. The van der Waals surface area contributed by atoms with E-state index >= 15 is 0 Å². The second-order valence-electron chi connectivity index (χ2n) is 4.51. The van der Waals surface area contributed by atoms with Gasteiger partial charge in [-0.25, -0.2) is 4.98 Å². The van der Waals surface area contributed by atoms with Crippen molar-refractivity contribution < 1.29 is 9.66 Å². The molecular weight excluding hydrogens is 330 g/mol. The van der Waals surface area contributed by atoms with Gasteiger partial charge in [0, 0.05) is 18.7 Å². The molecular formula is C15H15N5O3S. The highest BCUT2D eigenvalue weighted by Crippen LogP contribution is 2.21. The minimum atomic E-state index is -0.513. The molecule has 2 N–H and O–H groups in total. The number of pyridine rings is 1. The number of nitrogens with one attached hydrogen (secondary N) is 2. The zero-order chi connectivity index (χ0) is 17.4. The molecule has 124 valence electrons.